The van der Waals surface area contributed by atoms with Crippen molar-refractivity contribution in [1.29, 1.82) is 0 Å². The number of nitrogens with zero attached hydrogens (tertiary/aromatic N) is 1. The molecule has 2 nitrogen and oxygen atoms in total. The molecule has 112 valence electrons. The van der Waals surface area contributed by atoms with E-state index in [1.807, 2.05) is 24.3 Å². The molecule has 0 bridgehead atoms. The summed E-state index contributed by atoms with van der Waals surface area (Å²) in [5, 5.41) is 5.56. The molecule has 1 aliphatic rings. The van der Waals surface area contributed by atoms with Crippen LogP contribution in [-0.2, 0) is 0 Å². The van der Waals surface area contributed by atoms with Crippen LogP contribution >= 0.6 is 39.9 Å². The van der Waals surface area contributed by atoms with Crippen LogP contribution in [0.5, 0.6) is 0 Å². The molecule has 4 rings (SSSR count). The summed E-state index contributed by atoms with van der Waals surface area (Å²) in [6, 6.07) is 16.4. The Kier molecular flexibility index (Phi) is 4.52. The van der Waals surface area contributed by atoms with Gasteiger partial charge < -0.3 is 5.32 Å². The molecule has 22 heavy (non-hydrogen) atoms. The Morgan fingerprint density at radius 3 is 2.64 bits per heavy atom. The van der Waals surface area contributed by atoms with E-state index in [9.17, 15) is 0 Å². The monoisotopic (exact) mass is 392 g/mol. The van der Waals surface area contributed by atoms with Crippen LogP contribution in [0.1, 0.15) is 10.4 Å². The highest BCUT2D eigenvalue weighted by atomic mass is 79.9. The number of hydrogen-bond acceptors (Lipinski definition) is 3. The molecule has 1 N–H and O–H groups in total. The van der Waals surface area contributed by atoms with Gasteiger partial charge in [-0.25, -0.2) is 0 Å². The Morgan fingerprint density at radius 2 is 1.82 bits per heavy atom. The van der Waals surface area contributed by atoms with Gasteiger partial charge in [0.1, 0.15) is 0 Å². The van der Waals surface area contributed by atoms with E-state index >= 15 is 0 Å². The van der Waals surface area contributed by atoms with E-state index in [1.165, 1.54) is 20.7 Å². The van der Waals surface area contributed by atoms with Crippen molar-refractivity contribution in [3.63, 3.8) is 0 Å². The van der Waals surface area contributed by atoms with E-state index in [0.717, 1.165) is 29.4 Å². The summed E-state index contributed by atoms with van der Waals surface area (Å²) in [7, 11) is 0. The maximum Gasteiger partial charge on any atom is 0.0840 e. The molecule has 2 aromatic carbocycles. The molecule has 0 spiro atoms. The number of rotatable bonds is 1. The van der Waals surface area contributed by atoms with Gasteiger partial charge >= 0.3 is 0 Å². The fraction of sp³-hybridized carbons (Fsp3) is 0.118. The number of hydrogen-bond donors (Lipinski definition) is 1. The molecule has 5 heteroatoms. The minimum Gasteiger partial charge on any atom is -0.381 e. The van der Waals surface area contributed by atoms with Gasteiger partial charge in [-0.15, -0.1) is 28.3 Å². The van der Waals surface area contributed by atoms with Crippen molar-refractivity contribution in [2.24, 2.45) is 4.99 Å². The third kappa shape index (κ3) is 2.67. The van der Waals surface area contributed by atoms with Gasteiger partial charge in [-0.1, -0.05) is 41.9 Å². The average Bonchev–Trinajstić information content (AvgIpc) is 2.75. The Labute approximate surface area is 148 Å². The molecule has 1 aromatic heterocycles. The lowest BCUT2D eigenvalue weighted by atomic mass is 10.1. The van der Waals surface area contributed by atoms with Crippen molar-refractivity contribution in [1.82, 2.24) is 0 Å². The van der Waals surface area contributed by atoms with Crippen molar-refractivity contribution in [2.45, 2.75) is 0 Å². The summed E-state index contributed by atoms with van der Waals surface area (Å²) in [4.78, 5) is 6.00. The molecule has 0 unspecified atom stereocenters. The minimum absolute atomic E-state index is 0. The summed E-state index contributed by atoms with van der Waals surface area (Å²) >= 11 is 7.79. The number of halogens is 2. The van der Waals surface area contributed by atoms with Crippen molar-refractivity contribution in [3.8, 4) is 0 Å². The average molecular weight is 394 g/mol. The normalized spacial score (nSPS) is 13.6. The topological polar surface area (TPSA) is 24.4 Å². The number of fused-ring (bicyclic) bond motifs is 3. The number of aliphatic imine (C=N–C) groups is 1. The van der Waals surface area contributed by atoms with Crippen molar-refractivity contribution in [2.75, 3.05) is 18.4 Å². The lowest BCUT2D eigenvalue weighted by Crippen LogP contribution is -2.02. The standard InChI is InChI=1S/C17H13ClN2S.BrH/c18-12-7-5-11(6-8-12)15-17-16(20-10-9-19-15)13-3-1-2-4-14(13)21-17;/h1-8,20H,9-10H2;1H. The first-order chi connectivity index (χ1) is 10.3. The summed E-state index contributed by atoms with van der Waals surface area (Å²) in [6.45, 7) is 1.65. The van der Waals surface area contributed by atoms with Crippen molar-refractivity contribution in [3.05, 3.63) is 64.0 Å². The number of benzene rings is 2. The van der Waals surface area contributed by atoms with Crippen LogP contribution in [-0.4, -0.2) is 18.8 Å². The lowest BCUT2D eigenvalue weighted by Gasteiger charge is -2.06. The first-order valence-electron chi connectivity index (χ1n) is 6.89. The number of thiophene rings is 1. The van der Waals surface area contributed by atoms with E-state index in [4.69, 9.17) is 16.6 Å². The van der Waals surface area contributed by atoms with Gasteiger partial charge in [0.2, 0.25) is 0 Å². The van der Waals surface area contributed by atoms with Gasteiger partial charge in [0.05, 0.1) is 22.8 Å². The van der Waals surface area contributed by atoms with E-state index in [2.05, 4.69) is 29.6 Å². The molecule has 0 saturated carbocycles. The zero-order valence-electron chi connectivity index (χ0n) is 11.7. The number of anilines is 1. The maximum atomic E-state index is 6.00. The molecule has 0 saturated heterocycles. The van der Waals surface area contributed by atoms with Gasteiger partial charge in [0.15, 0.2) is 0 Å². The van der Waals surface area contributed by atoms with E-state index in [1.54, 1.807) is 11.3 Å². The second kappa shape index (κ2) is 6.41. The smallest absolute Gasteiger partial charge is 0.0840 e. The molecule has 0 radical (unpaired) electrons. The van der Waals surface area contributed by atoms with Crippen LogP contribution in [0.2, 0.25) is 5.02 Å². The summed E-state index contributed by atoms with van der Waals surface area (Å²) in [5.74, 6) is 0. The Hall–Kier alpha value is -1.36. The van der Waals surface area contributed by atoms with Crippen LogP contribution < -0.4 is 5.32 Å². The second-order valence-corrected chi connectivity index (χ2v) is 6.45. The molecule has 2 heterocycles. The van der Waals surface area contributed by atoms with Gasteiger partial charge in [-0.2, -0.15) is 0 Å². The van der Waals surface area contributed by atoms with Gasteiger partial charge in [-0.05, 0) is 18.2 Å². The largest absolute Gasteiger partial charge is 0.381 e. The van der Waals surface area contributed by atoms with Gasteiger partial charge in [-0.3, -0.25) is 4.99 Å². The third-order valence-corrected chi connectivity index (χ3v) is 5.04. The minimum atomic E-state index is 0. The summed E-state index contributed by atoms with van der Waals surface area (Å²) in [5.41, 5.74) is 3.39. The zero-order valence-corrected chi connectivity index (χ0v) is 15.0. The maximum absolute atomic E-state index is 6.00. The molecule has 1 aliphatic heterocycles. The Balaban J connectivity index is 0.00000144. The first-order valence-corrected chi connectivity index (χ1v) is 8.08. The predicted octanol–water partition coefficient (Wildman–Crippen LogP) is 5.40. The van der Waals surface area contributed by atoms with E-state index < -0.39 is 0 Å². The van der Waals surface area contributed by atoms with Crippen molar-refractivity contribution >= 4 is 61.4 Å². The van der Waals surface area contributed by atoms with Crippen molar-refractivity contribution < 1.29 is 0 Å². The lowest BCUT2D eigenvalue weighted by molar-refractivity contribution is 1.04. The molecule has 0 fully saturated rings. The fourth-order valence-corrected chi connectivity index (χ4v) is 3.97. The molecule has 0 aliphatic carbocycles. The first kappa shape index (κ1) is 15.5. The van der Waals surface area contributed by atoms with Crippen LogP contribution in [0.4, 0.5) is 5.69 Å². The van der Waals surface area contributed by atoms with Crippen LogP contribution in [0.25, 0.3) is 10.1 Å². The second-order valence-electron chi connectivity index (χ2n) is 4.97. The van der Waals surface area contributed by atoms with Gasteiger partial charge in [0.25, 0.3) is 0 Å². The summed E-state index contributed by atoms with van der Waals surface area (Å²) < 4.78 is 1.29. The molecule has 0 amide bonds. The Bertz CT molecular complexity index is 839. The SMILES string of the molecule is Br.Clc1ccc(C2=NCCNc3c2sc2ccccc32)cc1. The van der Waals surface area contributed by atoms with Crippen LogP contribution in [0.15, 0.2) is 53.5 Å². The molecule has 3 aromatic rings. The van der Waals surface area contributed by atoms with E-state index in [0.29, 0.717) is 0 Å². The zero-order chi connectivity index (χ0) is 14.2. The van der Waals surface area contributed by atoms with Gasteiger partial charge in [0, 0.05) is 27.2 Å². The highest BCUT2D eigenvalue weighted by Gasteiger charge is 2.19. The third-order valence-electron chi connectivity index (χ3n) is 3.61. The van der Waals surface area contributed by atoms with E-state index in [-0.39, 0.29) is 17.0 Å². The Morgan fingerprint density at radius 1 is 1.05 bits per heavy atom. The molecular weight excluding hydrogens is 380 g/mol. The fourth-order valence-electron chi connectivity index (χ4n) is 2.64. The molecular formula is C17H14BrClN2S. The number of nitrogens with one attached hydrogen (secondary N) is 1. The summed E-state index contributed by atoms with van der Waals surface area (Å²) in [6.07, 6.45) is 0. The molecule has 0 atom stereocenters. The predicted molar refractivity (Wildman–Crippen MR) is 103 cm³/mol. The van der Waals surface area contributed by atoms with Crippen LogP contribution in [0.3, 0.4) is 0 Å². The quantitative estimate of drug-likeness (QED) is 0.588. The highest BCUT2D eigenvalue weighted by Crippen LogP contribution is 2.38. The van der Waals surface area contributed by atoms with Crippen LogP contribution in [0, 0.1) is 0 Å². The highest BCUT2D eigenvalue weighted by molar-refractivity contribution is 8.93.